The molecular weight excluding hydrogens is 448 g/mol. The van der Waals surface area contributed by atoms with Gasteiger partial charge in [-0.2, -0.15) is 5.10 Å². The van der Waals surface area contributed by atoms with Crippen LogP contribution in [0.25, 0.3) is 55.4 Å². The molecule has 0 aliphatic carbocycles. The molecule has 0 fully saturated rings. The van der Waals surface area contributed by atoms with E-state index in [9.17, 15) is 4.79 Å². The Morgan fingerprint density at radius 2 is 1.69 bits per heavy atom. The monoisotopic (exact) mass is 472 g/mol. The number of nitrogens with zero attached hydrogens (tertiary/aromatic N) is 3. The van der Waals surface area contributed by atoms with Crippen LogP contribution < -0.4 is 5.32 Å². The van der Waals surface area contributed by atoms with Gasteiger partial charge in [0, 0.05) is 52.1 Å². The Balaban J connectivity index is 1.41. The average Bonchev–Trinajstić information content (AvgIpc) is 3.53. The van der Waals surface area contributed by atoms with Crippen molar-refractivity contribution in [1.82, 2.24) is 25.1 Å². The second-order valence-corrected chi connectivity index (χ2v) is 9.13. The van der Waals surface area contributed by atoms with Crippen LogP contribution in [0.15, 0.2) is 85.5 Å². The van der Waals surface area contributed by atoms with Gasteiger partial charge in [0.2, 0.25) is 5.91 Å². The Hall–Kier alpha value is -4.78. The van der Waals surface area contributed by atoms with Crippen LogP contribution in [0.1, 0.15) is 13.8 Å². The zero-order valence-corrected chi connectivity index (χ0v) is 19.9. The van der Waals surface area contributed by atoms with Crippen LogP contribution in [0, 0.1) is 5.92 Å². The minimum atomic E-state index is -0.0799. The largest absolute Gasteiger partial charge is 0.352 e. The number of hydrogen-bond donors (Lipinski definition) is 3. The van der Waals surface area contributed by atoms with Gasteiger partial charge in [-0.3, -0.25) is 19.9 Å². The molecular formula is C29H24N6O. The smallest absolute Gasteiger partial charge is 0.226 e. The molecule has 6 rings (SSSR count). The lowest BCUT2D eigenvalue weighted by atomic mass is 10.0. The molecule has 176 valence electrons. The van der Waals surface area contributed by atoms with Crippen molar-refractivity contribution in [3.8, 4) is 33.6 Å². The number of hydrogen-bond acceptors (Lipinski definition) is 4. The highest BCUT2D eigenvalue weighted by Crippen LogP contribution is 2.35. The number of carbonyl (C=O) groups is 1. The molecule has 0 unspecified atom stereocenters. The van der Waals surface area contributed by atoms with Gasteiger partial charge in [0.1, 0.15) is 5.69 Å². The lowest BCUT2D eigenvalue weighted by Gasteiger charge is -2.09. The molecule has 0 aliphatic rings. The maximum absolute atomic E-state index is 12.2. The van der Waals surface area contributed by atoms with Gasteiger partial charge in [-0.1, -0.05) is 38.1 Å². The van der Waals surface area contributed by atoms with Crippen molar-refractivity contribution >= 4 is 33.4 Å². The molecule has 0 spiro atoms. The molecule has 7 heteroatoms. The van der Waals surface area contributed by atoms with E-state index < -0.39 is 0 Å². The van der Waals surface area contributed by atoms with Gasteiger partial charge in [-0.05, 0) is 47.5 Å². The van der Waals surface area contributed by atoms with E-state index in [0.717, 1.165) is 61.1 Å². The van der Waals surface area contributed by atoms with Gasteiger partial charge in [0.05, 0.1) is 22.9 Å². The lowest BCUT2D eigenvalue weighted by Crippen LogP contribution is -2.17. The molecule has 2 aromatic carbocycles. The summed E-state index contributed by atoms with van der Waals surface area (Å²) in [7, 11) is 0. The molecule has 0 radical (unpaired) electrons. The maximum atomic E-state index is 12.2. The molecule has 0 bridgehead atoms. The van der Waals surface area contributed by atoms with Gasteiger partial charge in [-0.25, -0.2) is 0 Å². The van der Waals surface area contributed by atoms with Gasteiger partial charge < -0.3 is 10.3 Å². The number of fused-ring (bicyclic) bond motifs is 2. The number of H-pyrrole nitrogens is 2. The third kappa shape index (κ3) is 3.90. The molecule has 36 heavy (non-hydrogen) atoms. The first-order valence-corrected chi connectivity index (χ1v) is 11.8. The third-order valence-corrected chi connectivity index (χ3v) is 6.32. The van der Waals surface area contributed by atoms with E-state index in [2.05, 4.69) is 48.7 Å². The second kappa shape index (κ2) is 8.78. The third-order valence-electron chi connectivity index (χ3n) is 6.32. The van der Waals surface area contributed by atoms with Crippen LogP contribution in [0.4, 0.5) is 5.69 Å². The highest BCUT2D eigenvalue weighted by Gasteiger charge is 2.15. The van der Waals surface area contributed by atoms with Crippen LogP contribution in [-0.4, -0.2) is 31.1 Å². The summed E-state index contributed by atoms with van der Waals surface area (Å²) in [4.78, 5) is 24.3. The fourth-order valence-electron chi connectivity index (χ4n) is 4.39. The first-order chi connectivity index (χ1) is 17.6. The number of anilines is 1. The molecule has 0 saturated carbocycles. The van der Waals surface area contributed by atoms with E-state index in [1.165, 1.54) is 0 Å². The first kappa shape index (κ1) is 21.7. The zero-order chi connectivity index (χ0) is 24.6. The summed E-state index contributed by atoms with van der Waals surface area (Å²) in [5.74, 6) is -0.0812. The topological polar surface area (TPSA) is 99.3 Å². The molecule has 0 aliphatic heterocycles. The van der Waals surface area contributed by atoms with E-state index in [1.54, 1.807) is 6.20 Å². The molecule has 4 aromatic heterocycles. The standard InChI is InChI=1S/C29H24N6O/c1-17(2)29(36)32-21-7-3-5-18(11-21)19-8-9-25-23(12-19)28(35-34-25)26-13-22-24(15-31-16-27(22)33-26)20-6-4-10-30-14-20/h3-17,33H,1-2H3,(H,32,36)(H,34,35). The fraction of sp³-hybridized carbons (Fsp3) is 0.103. The number of pyridine rings is 2. The number of nitrogens with one attached hydrogen (secondary N) is 3. The van der Waals surface area contributed by atoms with Crippen molar-refractivity contribution in [2.45, 2.75) is 13.8 Å². The SMILES string of the molecule is CC(C)C(=O)Nc1cccc(-c2ccc3[nH]nc(-c4cc5c(-c6cccnc6)cncc5[nH]4)c3c2)c1. The Kier molecular flexibility index (Phi) is 5.30. The van der Waals surface area contributed by atoms with Crippen molar-refractivity contribution in [3.63, 3.8) is 0 Å². The van der Waals surface area contributed by atoms with Crippen LogP contribution in [-0.2, 0) is 4.79 Å². The maximum Gasteiger partial charge on any atom is 0.226 e. The molecule has 0 saturated heterocycles. The van der Waals surface area contributed by atoms with E-state index in [1.807, 2.05) is 74.9 Å². The van der Waals surface area contributed by atoms with Crippen molar-refractivity contribution in [1.29, 1.82) is 0 Å². The summed E-state index contributed by atoms with van der Waals surface area (Å²) < 4.78 is 0. The van der Waals surface area contributed by atoms with Crippen LogP contribution in [0.2, 0.25) is 0 Å². The summed E-state index contributed by atoms with van der Waals surface area (Å²) in [5.41, 5.74) is 8.50. The summed E-state index contributed by atoms with van der Waals surface area (Å²) in [6, 6.07) is 20.2. The number of aromatic nitrogens is 5. The van der Waals surface area contributed by atoms with E-state index in [4.69, 9.17) is 0 Å². The molecule has 1 amide bonds. The highest BCUT2D eigenvalue weighted by atomic mass is 16.1. The predicted molar refractivity (Wildman–Crippen MR) is 143 cm³/mol. The Morgan fingerprint density at radius 1 is 0.833 bits per heavy atom. The molecule has 7 nitrogen and oxygen atoms in total. The Bertz CT molecular complexity index is 1710. The summed E-state index contributed by atoms with van der Waals surface area (Å²) >= 11 is 0. The zero-order valence-electron chi connectivity index (χ0n) is 19.9. The van der Waals surface area contributed by atoms with Crippen molar-refractivity contribution in [2.75, 3.05) is 5.32 Å². The van der Waals surface area contributed by atoms with Crippen LogP contribution in [0.3, 0.4) is 0 Å². The number of amides is 1. The summed E-state index contributed by atoms with van der Waals surface area (Å²) in [6.07, 6.45) is 7.30. The minimum absolute atomic E-state index is 0.00122. The molecule has 3 N–H and O–H groups in total. The molecule has 4 heterocycles. The Labute approximate surface area is 207 Å². The molecule has 0 atom stereocenters. The quantitative estimate of drug-likeness (QED) is 0.269. The van der Waals surface area contributed by atoms with Crippen LogP contribution in [0.5, 0.6) is 0 Å². The van der Waals surface area contributed by atoms with Gasteiger partial charge >= 0.3 is 0 Å². The predicted octanol–water partition coefficient (Wildman–Crippen LogP) is 6.43. The van der Waals surface area contributed by atoms with Crippen molar-refractivity contribution in [2.24, 2.45) is 5.92 Å². The van der Waals surface area contributed by atoms with Crippen molar-refractivity contribution < 1.29 is 4.79 Å². The minimum Gasteiger partial charge on any atom is -0.352 e. The van der Waals surface area contributed by atoms with Gasteiger partial charge in [0.25, 0.3) is 0 Å². The fourth-order valence-corrected chi connectivity index (χ4v) is 4.39. The van der Waals surface area contributed by atoms with E-state index in [0.29, 0.717) is 0 Å². The number of rotatable bonds is 5. The highest BCUT2D eigenvalue weighted by molar-refractivity contribution is 6.01. The summed E-state index contributed by atoms with van der Waals surface area (Å²) in [5, 5.41) is 12.8. The lowest BCUT2D eigenvalue weighted by molar-refractivity contribution is -0.118. The van der Waals surface area contributed by atoms with Gasteiger partial charge in [-0.15, -0.1) is 0 Å². The molecule has 6 aromatic rings. The number of carbonyl (C=O) groups excluding carboxylic acids is 1. The van der Waals surface area contributed by atoms with Gasteiger partial charge in [0.15, 0.2) is 0 Å². The van der Waals surface area contributed by atoms with Crippen molar-refractivity contribution in [3.05, 3.63) is 85.5 Å². The second-order valence-electron chi connectivity index (χ2n) is 9.13. The average molecular weight is 473 g/mol. The van der Waals surface area contributed by atoms with E-state index >= 15 is 0 Å². The normalized spacial score (nSPS) is 11.4. The number of benzene rings is 2. The van der Waals surface area contributed by atoms with Crippen LogP contribution >= 0.6 is 0 Å². The Morgan fingerprint density at radius 3 is 2.53 bits per heavy atom. The first-order valence-electron chi connectivity index (χ1n) is 11.8. The van der Waals surface area contributed by atoms with E-state index in [-0.39, 0.29) is 11.8 Å². The number of aromatic amines is 2. The summed E-state index contributed by atoms with van der Waals surface area (Å²) in [6.45, 7) is 3.76.